The fraction of sp³-hybridized carbons (Fsp3) is 0.227. The topological polar surface area (TPSA) is 57.1 Å². The van der Waals surface area contributed by atoms with Crippen molar-refractivity contribution in [1.29, 1.82) is 0 Å². The standard InChI is InChI=1S/C22H19N3O2S/c1-2-26-15-8-10-16(11-9-15)27-21-19-17-6-3-7-18(17)28-22(19)25-20(24-21)14-5-4-12-23-13-14/h4-5,8-13H,2-3,6-7H2,1H3. The molecule has 140 valence electrons. The number of benzene rings is 1. The third-order valence-corrected chi connectivity index (χ3v) is 5.99. The van der Waals surface area contributed by atoms with Crippen molar-refractivity contribution in [1.82, 2.24) is 15.0 Å². The van der Waals surface area contributed by atoms with Gasteiger partial charge in [0, 0.05) is 22.8 Å². The number of thiophene rings is 1. The first-order chi connectivity index (χ1) is 13.8. The smallest absolute Gasteiger partial charge is 0.231 e. The van der Waals surface area contributed by atoms with Crippen LogP contribution < -0.4 is 9.47 Å². The van der Waals surface area contributed by atoms with E-state index < -0.39 is 0 Å². The molecule has 0 fully saturated rings. The Labute approximate surface area is 167 Å². The van der Waals surface area contributed by atoms with Crippen LogP contribution in [0.5, 0.6) is 17.4 Å². The van der Waals surface area contributed by atoms with Gasteiger partial charge in [0.05, 0.1) is 12.0 Å². The number of hydrogen-bond acceptors (Lipinski definition) is 6. The molecule has 0 spiro atoms. The van der Waals surface area contributed by atoms with E-state index in [9.17, 15) is 0 Å². The molecular weight excluding hydrogens is 370 g/mol. The van der Waals surface area contributed by atoms with Crippen molar-refractivity contribution in [2.75, 3.05) is 6.61 Å². The van der Waals surface area contributed by atoms with Gasteiger partial charge >= 0.3 is 0 Å². The van der Waals surface area contributed by atoms with E-state index in [4.69, 9.17) is 19.4 Å². The second kappa shape index (κ2) is 7.20. The lowest BCUT2D eigenvalue weighted by molar-refractivity contribution is 0.339. The van der Waals surface area contributed by atoms with E-state index in [1.165, 1.54) is 16.9 Å². The van der Waals surface area contributed by atoms with E-state index in [1.54, 1.807) is 23.7 Å². The molecule has 0 amide bonds. The van der Waals surface area contributed by atoms with Gasteiger partial charge in [0.1, 0.15) is 16.3 Å². The highest BCUT2D eigenvalue weighted by molar-refractivity contribution is 7.19. The van der Waals surface area contributed by atoms with Gasteiger partial charge in [0.15, 0.2) is 5.82 Å². The SMILES string of the molecule is CCOc1ccc(Oc2nc(-c3cccnc3)nc3sc4c(c23)CCC4)cc1. The summed E-state index contributed by atoms with van der Waals surface area (Å²) >= 11 is 1.76. The maximum Gasteiger partial charge on any atom is 0.231 e. The summed E-state index contributed by atoms with van der Waals surface area (Å²) in [6.45, 7) is 2.61. The van der Waals surface area contributed by atoms with E-state index in [0.717, 1.165) is 40.1 Å². The maximum atomic E-state index is 6.25. The Morgan fingerprint density at radius 2 is 1.89 bits per heavy atom. The zero-order valence-electron chi connectivity index (χ0n) is 15.5. The molecule has 0 aliphatic heterocycles. The lowest BCUT2D eigenvalue weighted by atomic mass is 10.2. The third kappa shape index (κ3) is 3.10. The van der Waals surface area contributed by atoms with Crippen molar-refractivity contribution in [2.24, 2.45) is 0 Å². The first-order valence-corrected chi connectivity index (χ1v) is 10.3. The molecule has 6 heteroatoms. The van der Waals surface area contributed by atoms with Gasteiger partial charge in [-0.25, -0.2) is 4.98 Å². The second-order valence-electron chi connectivity index (χ2n) is 6.64. The summed E-state index contributed by atoms with van der Waals surface area (Å²) < 4.78 is 11.8. The Hall–Kier alpha value is -2.99. The minimum atomic E-state index is 0.618. The van der Waals surface area contributed by atoms with E-state index in [-0.39, 0.29) is 0 Å². The summed E-state index contributed by atoms with van der Waals surface area (Å²) in [6.07, 6.45) is 6.89. The van der Waals surface area contributed by atoms with Gasteiger partial charge in [-0.15, -0.1) is 11.3 Å². The van der Waals surface area contributed by atoms with Crippen LogP contribution in [0.2, 0.25) is 0 Å². The van der Waals surface area contributed by atoms with Gasteiger partial charge in [0.2, 0.25) is 5.88 Å². The predicted octanol–water partition coefficient (Wildman–Crippen LogP) is 5.43. The molecule has 3 heterocycles. The Morgan fingerprint density at radius 3 is 2.68 bits per heavy atom. The average molecular weight is 389 g/mol. The number of hydrogen-bond donors (Lipinski definition) is 0. The van der Waals surface area contributed by atoms with Crippen molar-refractivity contribution >= 4 is 21.6 Å². The van der Waals surface area contributed by atoms with E-state index >= 15 is 0 Å². The first-order valence-electron chi connectivity index (χ1n) is 9.45. The van der Waals surface area contributed by atoms with Crippen LogP contribution in [0.25, 0.3) is 21.6 Å². The van der Waals surface area contributed by atoms with E-state index in [1.807, 2.05) is 43.3 Å². The second-order valence-corrected chi connectivity index (χ2v) is 7.72. The molecule has 0 atom stereocenters. The molecule has 0 saturated carbocycles. The van der Waals surface area contributed by atoms with Gasteiger partial charge in [-0.3, -0.25) is 4.98 Å². The number of fused-ring (bicyclic) bond motifs is 3. The first kappa shape index (κ1) is 17.1. The third-order valence-electron chi connectivity index (χ3n) is 4.80. The monoisotopic (exact) mass is 389 g/mol. The van der Waals surface area contributed by atoms with Gasteiger partial charge in [-0.1, -0.05) is 0 Å². The maximum absolute atomic E-state index is 6.25. The lowest BCUT2D eigenvalue weighted by Gasteiger charge is -2.10. The molecule has 3 aromatic heterocycles. The van der Waals surface area contributed by atoms with Crippen LogP contribution in [-0.2, 0) is 12.8 Å². The zero-order chi connectivity index (χ0) is 18.9. The van der Waals surface area contributed by atoms with Crippen LogP contribution in [0.4, 0.5) is 0 Å². The normalized spacial score (nSPS) is 12.9. The molecule has 1 aliphatic carbocycles. The number of aryl methyl sites for hydroxylation is 2. The minimum Gasteiger partial charge on any atom is -0.494 e. The molecular formula is C22H19N3O2S. The van der Waals surface area contributed by atoms with Gasteiger partial charge < -0.3 is 9.47 Å². The highest BCUT2D eigenvalue weighted by Crippen LogP contribution is 2.42. The average Bonchev–Trinajstić information content (AvgIpc) is 3.31. The highest BCUT2D eigenvalue weighted by atomic mass is 32.1. The van der Waals surface area contributed by atoms with Crippen molar-refractivity contribution in [2.45, 2.75) is 26.2 Å². The molecule has 0 unspecified atom stereocenters. The van der Waals surface area contributed by atoms with Crippen molar-refractivity contribution in [3.05, 3.63) is 59.2 Å². The van der Waals surface area contributed by atoms with Crippen molar-refractivity contribution < 1.29 is 9.47 Å². The zero-order valence-corrected chi connectivity index (χ0v) is 16.3. The van der Waals surface area contributed by atoms with Crippen molar-refractivity contribution in [3.63, 3.8) is 0 Å². The molecule has 1 aromatic carbocycles. The van der Waals surface area contributed by atoms with Crippen LogP contribution in [0.3, 0.4) is 0 Å². The predicted molar refractivity (Wildman–Crippen MR) is 110 cm³/mol. The van der Waals surface area contributed by atoms with Gasteiger partial charge in [-0.2, -0.15) is 4.98 Å². The number of ether oxygens (including phenoxy) is 2. The lowest BCUT2D eigenvalue weighted by Crippen LogP contribution is -1.96. The fourth-order valence-corrected chi connectivity index (χ4v) is 4.79. The highest BCUT2D eigenvalue weighted by Gasteiger charge is 2.24. The molecule has 5 nitrogen and oxygen atoms in total. The molecule has 5 rings (SSSR count). The largest absolute Gasteiger partial charge is 0.494 e. The summed E-state index contributed by atoms with van der Waals surface area (Å²) in [4.78, 5) is 16.2. The van der Waals surface area contributed by atoms with Gasteiger partial charge in [-0.05, 0) is 68.1 Å². The Kier molecular flexibility index (Phi) is 4.41. The summed E-state index contributed by atoms with van der Waals surface area (Å²) in [5.74, 6) is 2.82. The Morgan fingerprint density at radius 1 is 1.04 bits per heavy atom. The summed E-state index contributed by atoms with van der Waals surface area (Å²) in [5.41, 5.74) is 2.23. The molecule has 28 heavy (non-hydrogen) atoms. The molecule has 0 N–H and O–H groups in total. The summed E-state index contributed by atoms with van der Waals surface area (Å²) in [6, 6.07) is 11.5. The number of nitrogens with zero attached hydrogens (tertiary/aromatic N) is 3. The molecule has 1 aliphatic rings. The van der Waals surface area contributed by atoms with Gasteiger partial charge in [0.25, 0.3) is 0 Å². The minimum absolute atomic E-state index is 0.618. The van der Waals surface area contributed by atoms with Crippen LogP contribution in [-0.4, -0.2) is 21.6 Å². The van der Waals surface area contributed by atoms with E-state index in [0.29, 0.717) is 18.3 Å². The van der Waals surface area contributed by atoms with E-state index in [2.05, 4.69) is 4.98 Å². The molecule has 4 aromatic rings. The Balaban J connectivity index is 1.61. The van der Waals surface area contributed by atoms with Crippen LogP contribution >= 0.6 is 11.3 Å². The van der Waals surface area contributed by atoms with Crippen LogP contribution in [0.1, 0.15) is 23.8 Å². The van der Waals surface area contributed by atoms with Crippen LogP contribution in [0, 0.1) is 0 Å². The molecule has 0 saturated heterocycles. The number of aromatic nitrogens is 3. The number of rotatable bonds is 5. The van der Waals surface area contributed by atoms with Crippen molar-refractivity contribution in [3.8, 4) is 28.8 Å². The summed E-state index contributed by atoms with van der Waals surface area (Å²) in [7, 11) is 0. The van der Waals surface area contributed by atoms with Crippen LogP contribution in [0.15, 0.2) is 48.8 Å². The summed E-state index contributed by atoms with van der Waals surface area (Å²) in [5, 5.41) is 1.05. The fourth-order valence-electron chi connectivity index (χ4n) is 3.54. The quantitative estimate of drug-likeness (QED) is 0.455. The molecule has 0 bridgehead atoms. The number of pyridine rings is 1. The Bertz CT molecular complexity index is 1120. The molecule has 0 radical (unpaired) electrons.